The second-order valence-electron chi connectivity index (χ2n) is 7.46. The standard InChI is InChI=1S/C22H23FN2O4S/c1-15-11-13-25(14-12-15)22-21(30(26,27)17-9-7-16(23)8-10-17)24-20(29-22)18-5-3-4-6-19(18)28-2/h3-10,15H,11-14H2,1-2H3. The highest BCUT2D eigenvalue weighted by atomic mass is 32.2. The van der Waals surface area contributed by atoms with Crippen molar-refractivity contribution in [3.05, 3.63) is 54.3 Å². The predicted octanol–water partition coefficient (Wildman–Crippen LogP) is 4.56. The maximum atomic E-state index is 13.4. The first-order valence-corrected chi connectivity index (χ1v) is 11.3. The molecule has 0 radical (unpaired) electrons. The Morgan fingerprint density at radius 3 is 2.43 bits per heavy atom. The number of ether oxygens (including phenoxy) is 1. The van der Waals surface area contributed by atoms with Crippen molar-refractivity contribution in [2.24, 2.45) is 5.92 Å². The van der Waals surface area contributed by atoms with E-state index in [0.29, 0.717) is 30.3 Å². The number of para-hydroxylation sites is 1. The quantitative estimate of drug-likeness (QED) is 0.553. The molecule has 0 saturated carbocycles. The van der Waals surface area contributed by atoms with Gasteiger partial charge in [-0.1, -0.05) is 19.1 Å². The summed E-state index contributed by atoms with van der Waals surface area (Å²) in [6.07, 6.45) is 1.86. The number of hydrogen-bond acceptors (Lipinski definition) is 6. The zero-order chi connectivity index (χ0) is 21.3. The van der Waals surface area contributed by atoms with E-state index in [1.807, 2.05) is 11.0 Å². The SMILES string of the molecule is COc1ccccc1-c1nc(S(=O)(=O)c2ccc(F)cc2)c(N2CCC(C)CC2)o1. The summed E-state index contributed by atoms with van der Waals surface area (Å²) < 4.78 is 51.5. The van der Waals surface area contributed by atoms with Crippen molar-refractivity contribution in [1.82, 2.24) is 4.98 Å². The van der Waals surface area contributed by atoms with E-state index in [4.69, 9.17) is 9.15 Å². The van der Waals surface area contributed by atoms with Crippen molar-refractivity contribution < 1.29 is 22.0 Å². The van der Waals surface area contributed by atoms with Crippen LogP contribution in [-0.4, -0.2) is 33.6 Å². The van der Waals surface area contributed by atoms with Crippen LogP contribution in [0.1, 0.15) is 19.8 Å². The summed E-state index contributed by atoms with van der Waals surface area (Å²) in [4.78, 5) is 6.27. The molecular weight excluding hydrogens is 407 g/mol. The zero-order valence-electron chi connectivity index (χ0n) is 16.8. The maximum Gasteiger partial charge on any atom is 0.236 e. The Hall–Kier alpha value is -2.87. The van der Waals surface area contributed by atoms with Crippen LogP contribution < -0.4 is 9.64 Å². The minimum atomic E-state index is -4.01. The Bertz CT molecular complexity index is 1130. The van der Waals surface area contributed by atoms with Crippen LogP contribution in [-0.2, 0) is 9.84 Å². The Kier molecular flexibility index (Phi) is 5.51. The molecule has 0 amide bonds. The molecule has 158 valence electrons. The van der Waals surface area contributed by atoms with Gasteiger partial charge < -0.3 is 14.1 Å². The van der Waals surface area contributed by atoms with Crippen LogP contribution in [0.15, 0.2) is 62.9 Å². The van der Waals surface area contributed by atoms with Crippen LogP contribution >= 0.6 is 0 Å². The molecule has 2 aromatic carbocycles. The molecule has 30 heavy (non-hydrogen) atoms. The van der Waals surface area contributed by atoms with Crippen molar-refractivity contribution in [1.29, 1.82) is 0 Å². The van der Waals surface area contributed by atoms with Gasteiger partial charge in [-0.05, 0) is 55.2 Å². The molecule has 0 aliphatic carbocycles. The van der Waals surface area contributed by atoms with E-state index in [9.17, 15) is 12.8 Å². The number of sulfone groups is 1. The minimum absolute atomic E-state index is 0.0320. The summed E-state index contributed by atoms with van der Waals surface area (Å²) in [5.41, 5.74) is 0.562. The number of halogens is 1. The summed E-state index contributed by atoms with van der Waals surface area (Å²) in [6.45, 7) is 3.52. The smallest absolute Gasteiger partial charge is 0.236 e. The van der Waals surface area contributed by atoms with E-state index < -0.39 is 15.7 Å². The van der Waals surface area contributed by atoms with Crippen LogP contribution in [0, 0.1) is 11.7 Å². The third-order valence-corrected chi connectivity index (χ3v) is 7.03. The third kappa shape index (κ3) is 3.79. The minimum Gasteiger partial charge on any atom is -0.496 e. The van der Waals surface area contributed by atoms with E-state index in [2.05, 4.69) is 11.9 Å². The van der Waals surface area contributed by atoms with Gasteiger partial charge in [-0.25, -0.2) is 12.8 Å². The third-order valence-electron chi connectivity index (χ3n) is 5.37. The lowest BCUT2D eigenvalue weighted by Crippen LogP contribution is -2.33. The number of methoxy groups -OCH3 is 1. The van der Waals surface area contributed by atoms with Gasteiger partial charge >= 0.3 is 0 Å². The topological polar surface area (TPSA) is 72.6 Å². The summed E-state index contributed by atoms with van der Waals surface area (Å²) in [6, 6.07) is 11.9. The fraction of sp³-hybridized carbons (Fsp3) is 0.318. The Morgan fingerprint density at radius 2 is 1.77 bits per heavy atom. The summed E-state index contributed by atoms with van der Waals surface area (Å²) in [5.74, 6) is 0.973. The van der Waals surface area contributed by atoms with Crippen molar-refractivity contribution in [2.75, 3.05) is 25.1 Å². The number of aromatic nitrogens is 1. The van der Waals surface area contributed by atoms with Gasteiger partial charge in [0.2, 0.25) is 26.6 Å². The lowest BCUT2D eigenvalue weighted by molar-refractivity contribution is 0.409. The largest absolute Gasteiger partial charge is 0.496 e. The summed E-state index contributed by atoms with van der Waals surface area (Å²) in [7, 11) is -2.48. The van der Waals surface area contributed by atoms with E-state index >= 15 is 0 Å². The van der Waals surface area contributed by atoms with Crippen LogP contribution in [0.3, 0.4) is 0 Å². The van der Waals surface area contributed by atoms with E-state index in [1.54, 1.807) is 18.2 Å². The molecule has 0 N–H and O–H groups in total. The van der Waals surface area contributed by atoms with Gasteiger partial charge in [0, 0.05) is 13.1 Å². The van der Waals surface area contributed by atoms with Gasteiger partial charge in [0.05, 0.1) is 17.6 Å². The fourth-order valence-electron chi connectivity index (χ4n) is 3.55. The first-order chi connectivity index (χ1) is 14.4. The van der Waals surface area contributed by atoms with Crippen LogP contribution in [0.5, 0.6) is 5.75 Å². The first-order valence-electron chi connectivity index (χ1n) is 9.80. The molecule has 3 aromatic rings. The average molecular weight is 431 g/mol. The Balaban J connectivity index is 1.85. The zero-order valence-corrected chi connectivity index (χ0v) is 17.7. The van der Waals surface area contributed by atoms with Crippen molar-refractivity contribution in [2.45, 2.75) is 29.7 Å². The molecule has 6 nitrogen and oxygen atoms in total. The molecule has 2 heterocycles. The van der Waals surface area contributed by atoms with Gasteiger partial charge in [-0.2, -0.15) is 4.98 Å². The molecule has 0 bridgehead atoms. The number of benzene rings is 2. The highest BCUT2D eigenvalue weighted by Crippen LogP contribution is 2.38. The molecule has 1 fully saturated rings. The highest BCUT2D eigenvalue weighted by Gasteiger charge is 2.33. The highest BCUT2D eigenvalue weighted by molar-refractivity contribution is 7.91. The van der Waals surface area contributed by atoms with Gasteiger partial charge in [0.25, 0.3) is 0 Å². The number of nitrogens with zero attached hydrogens (tertiary/aromatic N) is 2. The van der Waals surface area contributed by atoms with E-state index in [1.165, 1.54) is 19.2 Å². The molecule has 1 aliphatic rings. The molecule has 1 aliphatic heterocycles. The molecule has 1 aromatic heterocycles. The lowest BCUT2D eigenvalue weighted by Gasteiger charge is -2.30. The van der Waals surface area contributed by atoms with Crippen LogP contribution in [0.2, 0.25) is 0 Å². The number of oxazole rings is 1. The Morgan fingerprint density at radius 1 is 1.10 bits per heavy atom. The summed E-state index contributed by atoms with van der Waals surface area (Å²) >= 11 is 0. The van der Waals surface area contributed by atoms with Gasteiger partial charge in [0.15, 0.2) is 0 Å². The number of piperidine rings is 1. The van der Waals surface area contributed by atoms with E-state index in [-0.39, 0.29) is 21.7 Å². The van der Waals surface area contributed by atoms with Crippen LogP contribution in [0.25, 0.3) is 11.5 Å². The number of anilines is 1. The molecular formula is C22H23FN2O4S. The van der Waals surface area contributed by atoms with Gasteiger partial charge in [-0.3, -0.25) is 0 Å². The molecule has 0 unspecified atom stereocenters. The molecule has 1 saturated heterocycles. The number of rotatable bonds is 5. The molecule has 0 spiro atoms. The first kappa shape index (κ1) is 20.4. The predicted molar refractivity (Wildman–Crippen MR) is 111 cm³/mol. The fourth-order valence-corrected chi connectivity index (χ4v) is 4.87. The van der Waals surface area contributed by atoms with Crippen LogP contribution in [0.4, 0.5) is 10.3 Å². The molecule has 8 heteroatoms. The van der Waals surface area contributed by atoms with Crippen molar-refractivity contribution in [3.63, 3.8) is 0 Å². The van der Waals surface area contributed by atoms with Crippen molar-refractivity contribution >= 4 is 15.7 Å². The molecule has 4 rings (SSSR count). The Labute approximate surface area is 175 Å². The lowest BCUT2D eigenvalue weighted by atomic mass is 9.99. The second-order valence-corrected chi connectivity index (χ2v) is 9.32. The summed E-state index contributed by atoms with van der Waals surface area (Å²) in [5, 5.41) is -0.162. The maximum absolute atomic E-state index is 13.4. The molecule has 0 atom stereocenters. The monoisotopic (exact) mass is 430 g/mol. The van der Waals surface area contributed by atoms with E-state index in [0.717, 1.165) is 25.0 Å². The van der Waals surface area contributed by atoms with Gasteiger partial charge in [0.1, 0.15) is 11.6 Å². The normalized spacial score (nSPS) is 15.4. The number of hydrogen-bond donors (Lipinski definition) is 0. The average Bonchev–Trinajstić information content (AvgIpc) is 3.21. The van der Waals surface area contributed by atoms with Gasteiger partial charge in [-0.15, -0.1) is 0 Å². The second kappa shape index (κ2) is 8.10. The van der Waals surface area contributed by atoms with Crippen molar-refractivity contribution in [3.8, 4) is 17.2 Å².